The van der Waals surface area contributed by atoms with Crippen LogP contribution in [0, 0.1) is 0 Å². The molecule has 0 spiro atoms. The van der Waals surface area contributed by atoms with Crippen molar-refractivity contribution in [2.75, 3.05) is 40.0 Å². The minimum Gasteiger partial charge on any atom is -0.409 e. The molecule has 3 N–H and O–H groups in total. The fourth-order valence-corrected chi connectivity index (χ4v) is 3.92. The van der Waals surface area contributed by atoms with Crippen molar-refractivity contribution in [3.63, 3.8) is 0 Å². The largest absolute Gasteiger partial charge is 0.409 e. The minimum absolute atomic E-state index is 0.00888. The number of nitrogens with two attached hydrogens (primary N) is 1. The van der Waals surface area contributed by atoms with Gasteiger partial charge in [-0.05, 0) is 12.8 Å². The predicted molar refractivity (Wildman–Crippen MR) is 74.2 cm³/mol. The van der Waals surface area contributed by atoms with E-state index in [-0.39, 0.29) is 25.3 Å². The van der Waals surface area contributed by atoms with E-state index in [1.165, 1.54) is 11.4 Å². The van der Waals surface area contributed by atoms with Gasteiger partial charge in [-0.25, -0.2) is 8.42 Å². The summed E-state index contributed by atoms with van der Waals surface area (Å²) in [5.74, 6) is 0.00888. The lowest BCUT2D eigenvalue weighted by atomic mass is 10.2. The molecular formula is C11H23N3O5S. The van der Waals surface area contributed by atoms with Gasteiger partial charge in [0.25, 0.3) is 0 Å². The van der Waals surface area contributed by atoms with Crippen LogP contribution in [0.3, 0.4) is 0 Å². The first kappa shape index (κ1) is 17.2. The molecule has 118 valence electrons. The molecule has 0 aliphatic carbocycles. The van der Waals surface area contributed by atoms with Crippen molar-refractivity contribution >= 4 is 15.9 Å². The lowest BCUT2D eigenvalue weighted by Gasteiger charge is -2.29. The summed E-state index contributed by atoms with van der Waals surface area (Å²) < 4.78 is 36.6. The van der Waals surface area contributed by atoms with Crippen LogP contribution in [-0.2, 0) is 19.5 Å². The van der Waals surface area contributed by atoms with E-state index in [0.717, 1.165) is 0 Å². The molecule has 1 heterocycles. The summed E-state index contributed by atoms with van der Waals surface area (Å²) in [5, 5.41) is 11.0. The van der Waals surface area contributed by atoms with E-state index in [2.05, 4.69) is 5.16 Å². The summed E-state index contributed by atoms with van der Waals surface area (Å²) in [5.41, 5.74) is 5.40. The molecule has 0 atom stereocenters. The number of oxime groups is 1. The Morgan fingerprint density at radius 3 is 2.65 bits per heavy atom. The average molecular weight is 309 g/mol. The Morgan fingerprint density at radius 2 is 2.10 bits per heavy atom. The molecule has 0 saturated carbocycles. The van der Waals surface area contributed by atoms with Crippen LogP contribution in [0.5, 0.6) is 0 Å². The third-order valence-electron chi connectivity index (χ3n) is 3.24. The van der Waals surface area contributed by atoms with E-state index in [1.54, 1.807) is 0 Å². The first-order valence-corrected chi connectivity index (χ1v) is 8.04. The van der Waals surface area contributed by atoms with Gasteiger partial charge in [-0.3, -0.25) is 0 Å². The maximum Gasteiger partial charge on any atom is 0.217 e. The van der Waals surface area contributed by atoms with Crippen LogP contribution in [0.15, 0.2) is 5.16 Å². The van der Waals surface area contributed by atoms with Crippen molar-refractivity contribution in [3.8, 4) is 0 Å². The lowest BCUT2D eigenvalue weighted by molar-refractivity contribution is 0.0968. The molecule has 1 aliphatic rings. The number of methoxy groups -OCH3 is 1. The Hall–Kier alpha value is -0.900. The van der Waals surface area contributed by atoms with Crippen LogP contribution >= 0.6 is 0 Å². The van der Waals surface area contributed by atoms with E-state index < -0.39 is 15.3 Å². The number of sulfonamides is 1. The first-order chi connectivity index (χ1) is 9.52. The van der Waals surface area contributed by atoms with Crippen LogP contribution in [0.25, 0.3) is 0 Å². The maximum atomic E-state index is 12.6. The van der Waals surface area contributed by atoms with Crippen LogP contribution in [0.4, 0.5) is 0 Å². The fourth-order valence-electron chi connectivity index (χ4n) is 2.03. The van der Waals surface area contributed by atoms with Crippen molar-refractivity contribution in [2.45, 2.75) is 24.5 Å². The molecular weight excluding hydrogens is 286 g/mol. The molecule has 1 aliphatic heterocycles. The second-order valence-corrected chi connectivity index (χ2v) is 6.80. The summed E-state index contributed by atoms with van der Waals surface area (Å²) in [6.07, 6.45) is 1.17. The van der Waals surface area contributed by atoms with Gasteiger partial charge in [0.1, 0.15) is 5.84 Å². The summed E-state index contributed by atoms with van der Waals surface area (Å²) in [6.45, 7) is 1.66. The Balaban J connectivity index is 2.73. The Kier molecular flexibility index (Phi) is 7.20. The van der Waals surface area contributed by atoms with Crippen LogP contribution in [0.2, 0.25) is 0 Å². The molecule has 20 heavy (non-hydrogen) atoms. The molecule has 0 aromatic heterocycles. The fraction of sp³-hybridized carbons (Fsp3) is 0.909. The van der Waals surface area contributed by atoms with Crippen molar-refractivity contribution in [1.29, 1.82) is 0 Å². The highest BCUT2D eigenvalue weighted by atomic mass is 32.2. The number of hydrogen-bond donors (Lipinski definition) is 2. The van der Waals surface area contributed by atoms with Gasteiger partial charge < -0.3 is 20.4 Å². The zero-order chi connectivity index (χ0) is 15.0. The number of hydrogen-bond acceptors (Lipinski definition) is 6. The number of rotatable bonds is 8. The quantitative estimate of drug-likeness (QED) is 0.272. The van der Waals surface area contributed by atoms with E-state index in [1.807, 2.05) is 0 Å². The monoisotopic (exact) mass is 309 g/mol. The zero-order valence-corrected chi connectivity index (χ0v) is 12.5. The average Bonchev–Trinajstić information content (AvgIpc) is 2.47. The Morgan fingerprint density at radius 1 is 1.45 bits per heavy atom. The molecule has 9 heteroatoms. The number of ether oxygens (including phenoxy) is 2. The molecule has 0 unspecified atom stereocenters. The predicted octanol–water partition coefficient (Wildman–Crippen LogP) is -0.420. The Labute approximate surface area is 119 Å². The van der Waals surface area contributed by atoms with Crippen molar-refractivity contribution < 1.29 is 23.1 Å². The van der Waals surface area contributed by atoms with Gasteiger partial charge >= 0.3 is 0 Å². The second kappa shape index (κ2) is 8.40. The lowest BCUT2D eigenvalue weighted by Crippen LogP contribution is -2.44. The van der Waals surface area contributed by atoms with E-state index in [0.29, 0.717) is 32.7 Å². The number of nitrogens with zero attached hydrogens (tertiary/aromatic N) is 2. The van der Waals surface area contributed by atoms with Crippen molar-refractivity contribution in [2.24, 2.45) is 10.9 Å². The molecule has 0 radical (unpaired) electrons. The molecule has 0 aromatic rings. The Bertz CT molecular complexity index is 406. The zero-order valence-electron chi connectivity index (χ0n) is 11.7. The van der Waals surface area contributed by atoms with E-state index in [4.69, 9.17) is 20.4 Å². The molecule has 8 nitrogen and oxygen atoms in total. The normalized spacial score (nSPS) is 18.6. The third kappa shape index (κ3) is 4.89. The summed E-state index contributed by atoms with van der Waals surface area (Å²) >= 11 is 0. The molecule has 1 rings (SSSR count). The van der Waals surface area contributed by atoms with Crippen molar-refractivity contribution in [1.82, 2.24) is 4.31 Å². The highest BCUT2D eigenvalue weighted by molar-refractivity contribution is 7.89. The highest BCUT2D eigenvalue weighted by Crippen LogP contribution is 2.20. The SMILES string of the molecule is COCCN(CCC(N)=NO)S(=O)(=O)C1CCOCC1. The molecule has 0 aromatic carbocycles. The second-order valence-electron chi connectivity index (χ2n) is 4.59. The van der Waals surface area contributed by atoms with Crippen LogP contribution < -0.4 is 5.73 Å². The molecule has 0 amide bonds. The maximum absolute atomic E-state index is 12.6. The van der Waals surface area contributed by atoms with Gasteiger partial charge in [-0.2, -0.15) is 4.31 Å². The highest BCUT2D eigenvalue weighted by Gasteiger charge is 2.33. The molecule has 1 fully saturated rings. The number of amidine groups is 1. The van der Waals surface area contributed by atoms with Crippen molar-refractivity contribution in [3.05, 3.63) is 0 Å². The van der Waals surface area contributed by atoms with Gasteiger partial charge in [0.05, 0.1) is 11.9 Å². The summed E-state index contributed by atoms with van der Waals surface area (Å²) in [6, 6.07) is 0. The van der Waals surface area contributed by atoms with Gasteiger partial charge in [-0.1, -0.05) is 5.16 Å². The van der Waals surface area contributed by atoms with E-state index >= 15 is 0 Å². The summed E-state index contributed by atoms with van der Waals surface area (Å²) in [4.78, 5) is 0. The van der Waals surface area contributed by atoms with Crippen LogP contribution in [-0.4, -0.2) is 69.0 Å². The van der Waals surface area contributed by atoms with Gasteiger partial charge in [0, 0.05) is 39.8 Å². The van der Waals surface area contributed by atoms with Gasteiger partial charge in [0.15, 0.2) is 0 Å². The first-order valence-electron chi connectivity index (χ1n) is 6.54. The molecule has 1 saturated heterocycles. The smallest absolute Gasteiger partial charge is 0.217 e. The molecule has 0 bridgehead atoms. The van der Waals surface area contributed by atoms with Gasteiger partial charge in [0.2, 0.25) is 10.0 Å². The topological polar surface area (TPSA) is 114 Å². The van der Waals surface area contributed by atoms with E-state index in [9.17, 15) is 8.42 Å². The standard InChI is InChI=1S/C11H23N3O5S/c1-18-9-6-14(5-2-11(12)13-15)20(16,17)10-3-7-19-8-4-10/h10,15H,2-9H2,1H3,(H2,12,13). The van der Waals surface area contributed by atoms with Gasteiger partial charge in [-0.15, -0.1) is 0 Å². The summed E-state index contributed by atoms with van der Waals surface area (Å²) in [7, 11) is -1.90. The van der Waals surface area contributed by atoms with Crippen LogP contribution in [0.1, 0.15) is 19.3 Å². The third-order valence-corrected chi connectivity index (χ3v) is 5.64. The minimum atomic E-state index is -3.42.